The molecule has 1 amide bonds. The highest BCUT2D eigenvalue weighted by Gasteiger charge is 2.48. The quantitative estimate of drug-likeness (QED) is 0.356. The van der Waals surface area contributed by atoms with Crippen LogP contribution in [0.1, 0.15) is 22.2 Å². The van der Waals surface area contributed by atoms with Gasteiger partial charge in [0.1, 0.15) is 22.3 Å². The van der Waals surface area contributed by atoms with Crippen LogP contribution in [0.3, 0.4) is 0 Å². The summed E-state index contributed by atoms with van der Waals surface area (Å²) in [7, 11) is 1.35. The lowest BCUT2D eigenvalue weighted by molar-refractivity contribution is -0.132. The van der Waals surface area contributed by atoms with Crippen LogP contribution < -0.4 is 9.64 Å². The highest BCUT2D eigenvalue weighted by Crippen LogP contribution is 2.44. The number of hydrogen-bond donors (Lipinski definition) is 1. The summed E-state index contributed by atoms with van der Waals surface area (Å²) < 4.78 is 19.1. The Hall–Kier alpha value is -3.30. The van der Waals surface area contributed by atoms with Gasteiger partial charge in [-0.1, -0.05) is 35.1 Å². The van der Waals surface area contributed by atoms with Crippen molar-refractivity contribution in [2.45, 2.75) is 13.0 Å². The number of rotatable bonds is 4. The van der Waals surface area contributed by atoms with Gasteiger partial charge < -0.3 is 9.84 Å². The molecule has 1 aromatic heterocycles. The normalized spacial score (nSPS) is 17.9. The Balaban J connectivity index is 1.99. The Bertz CT molecular complexity index is 1240. The number of aryl methyl sites for hydroxylation is 1. The van der Waals surface area contributed by atoms with E-state index in [1.807, 2.05) is 0 Å². The smallest absolute Gasteiger partial charge is 0.301 e. The van der Waals surface area contributed by atoms with Crippen LogP contribution in [0, 0.1) is 12.7 Å². The second-order valence-corrected chi connectivity index (χ2v) is 8.27. The molecule has 0 aliphatic carbocycles. The Labute approximate surface area is 185 Å². The molecule has 1 N–H and O–H groups in total. The van der Waals surface area contributed by atoms with Crippen LogP contribution in [0.2, 0.25) is 5.02 Å². The zero-order chi connectivity index (χ0) is 22.3. The van der Waals surface area contributed by atoms with E-state index in [0.717, 1.165) is 28.4 Å². The molecule has 0 radical (unpaired) electrons. The number of aliphatic hydroxyl groups excluding tert-OH is 1. The Morgan fingerprint density at radius 2 is 2.00 bits per heavy atom. The molecule has 1 fully saturated rings. The maximum Gasteiger partial charge on any atom is 0.301 e. The van der Waals surface area contributed by atoms with Crippen molar-refractivity contribution in [3.05, 3.63) is 75.0 Å². The van der Waals surface area contributed by atoms with Crippen molar-refractivity contribution in [2.75, 3.05) is 12.0 Å². The maximum absolute atomic E-state index is 13.9. The minimum Gasteiger partial charge on any atom is -0.507 e. The molecule has 1 aliphatic heterocycles. The molecule has 10 heteroatoms. The van der Waals surface area contributed by atoms with Crippen LogP contribution in [-0.4, -0.2) is 34.1 Å². The highest BCUT2D eigenvalue weighted by atomic mass is 35.5. The fraction of sp³-hybridized carbons (Fsp3) is 0.143. The maximum atomic E-state index is 13.9. The van der Waals surface area contributed by atoms with E-state index in [2.05, 4.69) is 10.2 Å². The van der Waals surface area contributed by atoms with Crippen LogP contribution in [0.15, 0.2) is 48.0 Å². The van der Waals surface area contributed by atoms with Crippen molar-refractivity contribution in [3.63, 3.8) is 0 Å². The summed E-state index contributed by atoms with van der Waals surface area (Å²) in [4.78, 5) is 27.2. The zero-order valence-electron chi connectivity index (χ0n) is 16.3. The number of ether oxygens (including phenoxy) is 1. The average molecular weight is 460 g/mol. The van der Waals surface area contributed by atoms with Crippen LogP contribution in [0.4, 0.5) is 9.52 Å². The number of halogens is 2. The summed E-state index contributed by atoms with van der Waals surface area (Å²) in [5.74, 6) is -2.90. The van der Waals surface area contributed by atoms with Crippen molar-refractivity contribution < 1.29 is 23.8 Å². The third-order valence-corrected chi connectivity index (χ3v) is 5.82. The van der Waals surface area contributed by atoms with E-state index in [4.69, 9.17) is 16.3 Å². The van der Waals surface area contributed by atoms with Gasteiger partial charge in [-0.15, -0.1) is 10.2 Å². The van der Waals surface area contributed by atoms with Gasteiger partial charge in [-0.05, 0) is 42.8 Å². The summed E-state index contributed by atoms with van der Waals surface area (Å²) in [5.41, 5.74) is 0.182. The number of carbonyl (C=O) groups is 2. The molecule has 2 aromatic carbocycles. The van der Waals surface area contributed by atoms with Crippen LogP contribution in [0.25, 0.3) is 5.76 Å². The second kappa shape index (κ2) is 8.09. The van der Waals surface area contributed by atoms with Crippen LogP contribution in [0.5, 0.6) is 5.75 Å². The number of aliphatic hydroxyl groups is 1. The van der Waals surface area contributed by atoms with Gasteiger partial charge in [0.2, 0.25) is 5.13 Å². The fourth-order valence-electron chi connectivity index (χ4n) is 3.42. The van der Waals surface area contributed by atoms with Gasteiger partial charge >= 0.3 is 5.91 Å². The topological polar surface area (TPSA) is 92.6 Å². The molecule has 0 bridgehead atoms. The molecule has 7 nitrogen and oxygen atoms in total. The first-order valence-electron chi connectivity index (χ1n) is 9.02. The summed E-state index contributed by atoms with van der Waals surface area (Å²) >= 11 is 7.27. The number of anilines is 1. The Kier molecular flexibility index (Phi) is 5.47. The third-order valence-electron chi connectivity index (χ3n) is 4.75. The summed E-state index contributed by atoms with van der Waals surface area (Å²) in [6.45, 7) is 1.71. The molecule has 31 heavy (non-hydrogen) atoms. The molecule has 4 rings (SSSR count). The number of hydrogen-bond acceptors (Lipinski definition) is 7. The van der Waals surface area contributed by atoms with E-state index >= 15 is 0 Å². The molecular weight excluding hydrogens is 445 g/mol. The molecule has 0 saturated carbocycles. The molecule has 1 aliphatic rings. The van der Waals surface area contributed by atoms with Gasteiger partial charge in [0.05, 0.1) is 24.3 Å². The van der Waals surface area contributed by atoms with Crippen molar-refractivity contribution in [3.8, 4) is 5.75 Å². The van der Waals surface area contributed by atoms with E-state index in [1.54, 1.807) is 31.2 Å². The molecular formula is C21H15ClFN3O4S. The molecule has 3 aromatic rings. The molecule has 1 saturated heterocycles. The van der Waals surface area contributed by atoms with E-state index < -0.39 is 29.3 Å². The minimum atomic E-state index is -1.04. The largest absolute Gasteiger partial charge is 0.507 e. The Morgan fingerprint density at radius 1 is 1.23 bits per heavy atom. The predicted octanol–water partition coefficient (Wildman–Crippen LogP) is 4.27. The second-order valence-electron chi connectivity index (χ2n) is 6.67. The summed E-state index contributed by atoms with van der Waals surface area (Å²) in [6.07, 6.45) is 0. The van der Waals surface area contributed by atoms with Crippen molar-refractivity contribution in [1.82, 2.24) is 10.2 Å². The van der Waals surface area contributed by atoms with Crippen molar-refractivity contribution in [2.24, 2.45) is 0 Å². The van der Waals surface area contributed by atoms with Crippen LogP contribution >= 0.6 is 22.9 Å². The number of Topliss-reactive ketones (excluding diaryl/α,β-unsaturated/α-hetero) is 1. The first kappa shape index (κ1) is 21.0. The van der Waals surface area contributed by atoms with Crippen LogP contribution in [-0.2, 0) is 9.59 Å². The molecule has 0 spiro atoms. The van der Waals surface area contributed by atoms with Crippen molar-refractivity contribution in [1.29, 1.82) is 0 Å². The van der Waals surface area contributed by atoms with E-state index in [0.29, 0.717) is 15.6 Å². The van der Waals surface area contributed by atoms with Gasteiger partial charge in [-0.2, -0.15) is 0 Å². The number of methoxy groups -OCH3 is 1. The lowest BCUT2D eigenvalue weighted by Gasteiger charge is -2.23. The zero-order valence-corrected chi connectivity index (χ0v) is 17.9. The highest BCUT2D eigenvalue weighted by molar-refractivity contribution is 7.15. The number of aromatic nitrogens is 2. The third kappa shape index (κ3) is 3.66. The first-order chi connectivity index (χ1) is 14.8. The van der Waals surface area contributed by atoms with E-state index in [-0.39, 0.29) is 22.0 Å². The molecule has 2 heterocycles. The van der Waals surface area contributed by atoms with Gasteiger partial charge in [0, 0.05) is 5.02 Å². The summed E-state index contributed by atoms with van der Waals surface area (Å²) in [6, 6.07) is 9.02. The minimum absolute atomic E-state index is 0.0547. The lowest BCUT2D eigenvalue weighted by atomic mass is 9.95. The standard InChI is InChI=1S/C21H15ClFN3O4S/c1-10-24-25-21(31-10)26-17(11-4-3-5-12(22)8-11)16(19(28)20(26)29)18(27)14-9-13(23)6-7-15(14)30-2/h3-9,17,27H,1-2H3/t17-/m1/s1. The SMILES string of the molecule is COc1ccc(F)cc1C(O)=C1C(=O)C(=O)N(c2nnc(C)s2)[C@@H]1c1cccc(Cl)c1. The van der Waals surface area contributed by atoms with Gasteiger partial charge in [-0.3, -0.25) is 14.5 Å². The molecule has 0 unspecified atom stereocenters. The average Bonchev–Trinajstić information content (AvgIpc) is 3.28. The fourth-order valence-corrected chi connectivity index (χ4v) is 4.33. The number of benzene rings is 2. The number of amides is 1. The van der Waals surface area contributed by atoms with E-state index in [1.165, 1.54) is 13.2 Å². The molecule has 158 valence electrons. The van der Waals surface area contributed by atoms with Crippen molar-refractivity contribution >= 4 is 45.5 Å². The first-order valence-corrected chi connectivity index (χ1v) is 10.2. The number of carbonyl (C=O) groups excluding carboxylic acids is 2. The van der Waals surface area contributed by atoms with Gasteiger partial charge in [0.25, 0.3) is 5.78 Å². The predicted molar refractivity (Wildman–Crippen MR) is 114 cm³/mol. The monoisotopic (exact) mass is 459 g/mol. The molecule has 1 atom stereocenters. The summed E-state index contributed by atoms with van der Waals surface area (Å²) in [5, 5.41) is 20.2. The van der Waals surface area contributed by atoms with Gasteiger partial charge in [-0.25, -0.2) is 4.39 Å². The lowest BCUT2D eigenvalue weighted by Crippen LogP contribution is -2.29. The van der Waals surface area contributed by atoms with E-state index in [9.17, 15) is 19.1 Å². The number of ketones is 1. The van der Waals surface area contributed by atoms with Gasteiger partial charge in [0.15, 0.2) is 0 Å². The Morgan fingerprint density at radius 3 is 2.65 bits per heavy atom. The number of nitrogens with zero attached hydrogens (tertiary/aromatic N) is 3.